The lowest BCUT2D eigenvalue weighted by Gasteiger charge is -2.09. The van der Waals surface area contributed by atoms with Gasteiger partial charge in [-0.05, 0) is 36.4 Å². The van der Waals surface area contributed by atoms with E-state index >= 15 is 0 Å². The monoisotopic (exact) mass is 220 g/mol. The third kappa shape index (κ3) is 2.67. The molecule has 2 atom stereocenters. The van der Waals surface area contributed by atoms with Crippen molar-refractivity contribution in [2.45, 2.75) is 19.9 Å². The van der Waals surface area contributed by atoms with E-state index < -0.39 is 0 Å². The maximum atomic E-state index is 5.94. The highest BCUT2D eigenvalue weighted by molar-refractivity contribution is 5.51. The largest absolute Gasteiger partial charge is 0.497 e. The van der Waals surface area contributed by atoms with Gasteiger partial charge in [-0.3, -0.25) is 0 Å². The number of methoxy groups -OCH3 is 1. The summed E-state index contributed by atoms with van der Waals surface area (Å²) in [5, 5.41) is 3.45. The molecule has 3 heteroatoms. The van der Waals surface area contributed by atoms with Gasteiger partial charge in [0.15, 0.2) is 0 Å². The molecule has 1 saturated carbocycles. The van der Waals surface area contributed by atoms with Crippen molar-refractivity contribution in [2.75, 3.05) is 19.4 Å². The molecule has 88 valence electrons. The highest BCUT2D eigenvalue weighted by Gasteiger charge is 2.31. The van der Waals surface area contributed by atoms with Crippen LogP contribution in [0.4, 0.5) is 5.69 Å². The fraction of sp³-hybridized carbons (Fsp3) is 0.538. The molecular weight excluding hydrogens is 200 g/mol. The minimum atomic E-state index is 0.802. The number of hydrogen-bond donors (Lipinski definition) is 2. The summed E-state index contributed by atoms with van der Waals surface area (Å²) in [7, 11) is 1.65. The molecule has 0 saturated heterocycles. The number of hydrogen-bond acceptors (Lipinski definition) is 3. The Hall–Kier alpha value is -1.22. The van der Waals surface area contributed by atoms with Crippen LogP contribution in [-0.4, -0.2) is 13.7 Å². The van der Waals surface area contributed by atoms with Gasteiger partial charge in [0.1, 0.15) is 5.75 Å². The highest BCUT2D eigenvalue weighted by Crippen LogP contribution is 2.36. The lowest BCUT2D eigenvalue weighted by Crippen LogP contribution is -2.17. The van der Waals surface area contributed by atoms with Gasteiger partial charge in [0.25, 0.3) is 0 Å². The van der Waals surface area contributed by atoms with Gasteiger partial charge >= 0.3 is 0 Å². The second-order valence-corrected chi connectivity index (χ2v) is 4.67. The molecule has 2 unspecified atom stereocenters. The number of ether oxygens (including phenoxy) is 1. The summed E-state index contributed by atoms with van der Waals surface area (Å²) in [6.07, 6.45) is 1.37. The Morgan fingerprint density at radius 2 is 2.25 bits per heavy atom. The van der Waals surface area contributed by atoms with Gasteiger partial charge in [-0.2, -0.15) is 0 Å². The van der Waals surface area contributed by atoms with Crippen LogP contribution in [0.5, 0.6) is 5.75 Å². The number of rotatable bonds is 5. The molecular formula is C13H20N2O. The summed E-state index contributed by atoms with van der Waals surface area (Å²) in [6, 6.07) is 5.85. The van der Waals surface area contributed by atoms with E-state index in [0.29, 0.717) is 0 Å². The second kappa shape index (κ2) is 4.74. The Morgan fingerprint density at radius 3 is 2.81 bits per heavy atom. The van der Waals surface area contributed by atoms with Gasteiger partial charge in [0.05, 0.1) is 7.11 Å². The predicted octanol–water partition coefficient (Wildman–Crippen LogP) is 2.02. The van der Waals surface area contributed by atoms with Crippen molar-refractivity contribution in [2.24, 2.45) is 11.8 Å². The maximum absolute atomic E-state index is 5.94. The average molecular weight is 220 g/mol. The van der Waals surface area contributed by atoms with Crippen LogP contribution in [0.3, 0.4) is 0 Å². The minimum Gasteiger partial charge on any atom is -0.497 e. The summed E-state index contributed by atoms with van der Waals surface area (Å²) in [6.45, 7) is 4.25. The lowest BCUT2D eigenvalue weighted by atomic mass is 10.1. The van der Waals surface area contributed by atoms with E-state index in [9.17, 15) is 0 Å². The van der Waals surface area contributed by atoms with Crippen molar-refractivity contribution in [3.63, 3.8) is 0 Å². The van der Waals surface area contributed by atoms with E-state index in [0.717, 1.165) is 41.9 Å². The smallest absolute Gasteiger partial charge is 0.120 e. The van der Waals surface area contributed by atoms with Crippen LogP contribution in [-0.2, 0) is 6.54 Å². The minimum absolute atomic E-state index is 0.802. The highest BCUT2D eigenvalue weighted by atomic mass is 16.5. The molecule has 0 aromatic heterocycles. The van der Waals surface area contributed by atoms with Crippen LogP contribution in [0.1, 0.15) is 18.9 Å². The Bertz CT molecular complexity index is 365. The quantitative estimate of drug-likeness (QED) is 0.746. The normalized spacial score (nSPS) is 23.1. The van der Waals surface area contributed by atoms with Crippen molar-refractivity contribution in [3.8, 4) is 5.75 Å². The van der Waals surface area contributed by atoms with Crippen molar-refractivity contribution in [3.05, 3.63) is 23.8 Å². The molecule has 1 aliphatic carbocycles. The van der Waals surface area contributed by atoms with Gasteiger partial charge in [0.2, 0.25) is 0 Å². The van der Waals surface area contributed by atoms with E-state index in [1.807, 2.05) is 18.2 Å². The molecule has 1 aromatic carbocycles. The topological polar surface area (TPSA) is 47.3 Å². The third-order valence-electron chi connectivity index (χ3n) is 3.35. The molecule has 1 fully saturated rings. The van der Waals surface area contributed by atoms with Gasteiger partial charge in [-0.1, -0.05) is 13.0 Å². The third-order valence-corrected chi connectivity index (χ3v) is 3.35. The van der Waals surface area contributed by atoms with Crippen LogP contribution < -0.4 is 15.8 Å². The summed E-state index contributed by atoms with van der Waals surface area (Å²) in [5.74, 6) is 2.59. The fourth-order valence-corrected chi connectivity index (χ4v) is 1.94. The van der Waals surface area contributed by atoms with Crippen LogP contribution >= 0.6 is 0 Å². The Balaban J connectivity index is 1.84. The summed E-state index contributed by atoms with van der Waals surface area (Å²) >= 11 is 0. The molecule has 0 bridgehead atoms. The van der Waals surface area contributed by atoms with Crippen LogP contribution in [0.2, 0.25) is 0 Å². The maximum Gasteiger partial charge on any atom is 0.120 e. The Morgan fingerprint density at radius 1 is 1.50 bits per heavy atom. The first-order chi connectivity index (χ1) is 7.70. The van der Waals surface area contributed by atoms with E-state index in [4.69, 9.17) is 10.5 Å². The molecule has 16 heavy (non-hydrogen) atoms. The van der Waals surface area contributed by atoms with Crippen molar-refractivity contribution < 1.29 is 4.74 Å². The van der Waals surface area contributed by atoms with E-state index in [2.05, 4.69) is 12.2 Å². The van der Waals surface area contributed by atoms with Crippen molar-refractivity contribution >= 4 is 5.69 Å². The molecule has 0 heterocycles. The standard InChI is InChI=1S/C13H20N2O/c1-9-5-11(9)8-15-7-10-3-4-12(16-2)6-13(10)14/h3-4,6,9,11,15H,5,7-8,14H2,1-2H3. The number of nitrogens with one attached hydrogen (secondary N) is 1. The van der Waals surface area contributed by atoms with Crippen LogP contribution in [0.25, 0.3) is 0 Å². The molecule has 3 nitrogen and oxygen atoms in total. The van der Waals surface area contributed by atoms with Gasteiger partial charge < -0.3 is 15.8 Å². The zero-order valence-corrected chi connectivity index (χ0v) is 9.99. The zero-order chi connectivity index (χ0) is 11.5. The van der Waals surface area contributed by atoms with E-state index in [1.165, 1.54) is 6.42 Å². The number of benzene rings is 1. The molecule has 2 rings (SSSR count). The van der Waals surface area contributed by atoms with Crippen LogP contribution in [0, 0.1) is 11.8 Å². The number of nitrogen functional groups attached to an aromatic ring is 1. The van der Waals surface area contributed by atoms with E-state index in [-0.39, 0.29) is 0 Å². The SMILES string of the molecule is COc1ccc(CNCC2CC2C)c(N)c1. The molecule has 0 spiro atoms. The number of anilines is 1. The summed E-state index contributed by atoms with van der Waals surface area (Å²) < 4.78 is 5.12. The van der Waals surface area contributed by atoms with Crippen LogP contribution in [0.15, 0.2) is 18.2 Å². The number of nitrogens with two attached hydrogens (primary N) is 1. The predicted molar refractivity (Wildman–Crippen MR) is 66.4 cm³/mol. The fourth-order valence-electron chi connectivity index (χ4n) is 1.94. The van der Waals surface area contributed by atoms with Crippen molar-refractivity contribution in [1.82, 2.24) is 5.32 Å². The zero-order valence-electron chi connectivity index (χ0n) is 9.99. The average Bonchev–Trinajstić information content (AvgIpc) is 2.97. The molecule has 3 N–H and O–H groups in total. The summed E-state index contributed by atoms with van der Waals surface area (Å²) in [4.78, 5) is 0. The first kappa shape index (κ1) is 11.3. The van der Waals surface area contributed by atoms with Gasteiger partial charge in [-0.15, -0.1) is 0 Å². The van der Waals surface area contributed by atoms with Gasteiger partial charge in [0, 0.05) is 18.3 Å². The Labute approximate surface area is 97.0 Å². The molecule has 0 amide bonds. The van der Waals surface area contributed by atoms with Crippen molar-refractivity contribution in [1.29, 1.82) is 0 Å². The van der Waals surface area contributed by atoms with Gasteiger partial charge in [-0.25, -0.2) is 0 Å². The molecule has 1 aliphatic rings. The van der Waals surface area contributed by atoms with E-state index in [1.54, 1.807) is 7.11 Å². The summed E-state index contributed by atoms with van der Waals surface area (Å²) in [5.41, 5.74) is 7.89. The first-order valence-electron chi connectivity index (χ1n) is 5.84. The first-order valence-corrected chi connectivity index (χ1v) is 5.84. The molecule has 0 aliphatic heterocycles. The molecule has 0 radical (unpaired) electrons. The molecule has 1 aromatic rings. The second-order valence-electron chi connectivity index (χ2n) is 4.67. The Kier molecular flexibility index (Phi) is 3.34. The lowest BCUT2D eigenvalue weighted by molar-refractivity contribution is 0.415.